The lowest BCUT2D eigenvalue weighted by Gasteiger charge is -2.29. The molecule has 0 radical (unpaired) electrons. The molecule has 2 N–H and O–H groups in total. The number of ether oxygens (including phenoxy) is 2. The summed E-state index contributed by atoms with van der Waals surface area (Å²) in [6.07, 6.45) is -0.917. The largest absolute Gasteiger partial charge is 0.445 e. The maximum Gasteiger partial charge on any atom is 0.408 e. The van der Waals surface area contributed by atoms with Gasteiger partial charge in [-0.2, -0.15) is 5.26 Å². The summed E-state index contributed by atoms with van der Waals surface area (Å²) < 4.78 is 11.5. The number of nitriles is 1. The Morgan fingerprint density at radius 3 is 2.54 bits per heavy atom. The number of alkyl carbamates (subject to hydrolysis) is 1. The van der Waals surface area contributed by atoms with Gasteiger partial charge < -0.3 is 25.0 Å². The fourth-order valence-corrected chi connectivity index (χ4v) is 5.38. The van der Waals surface area contributed by atoms with Crippen molar-refractivity contribution in [2.45, 2.75) is 68.9 Å². The lowest BCUT2D eigenvalue weighted by molar-refractivity contribution is -0.137. The molecule has 1 unspecified atom stereocenters. The highest BCUT2D eigenvalue weighted by Gasteiger charge is 2.68. The van der Waals surface area contributed by atoms with Crippen molar-refractivity contribution in [3.63, 3.8) is 0 Å². The number of amides is 3. The summed E-state index contributed by atoms with van der Waals surface area (Å²) in [5.41, 5.74) is -0.678. The van der Waals surface area contributed by atoms with Crippen molar-refractivity contribution in [1.29, 1.82) is 5.26 Å². The topological polar surface area (TPSA) is 121 Å². The third-order valence-electron chi connectivity index (χ3n) is 7.21. The van der Waals surface area contributed by atoms with Gasteiger partial charge in [0.25, 0.3) is 5.91 Å². The van der Waals surface area contributed by atoms with E-state index in [-0.39, 0.29) is 31.9 Å². The van der Waals surface area contributed by atoms with E-state index in [1.165, 1.54) is 4.90 Å². The molecule has 0 aromatic heterocycles. The Morgan fingerprint density at radius 2 is 1.84 bits per heavy atom. The van der Waals surface area contributed by atoms with Crippen LogP contribution in [-0.2, 0) is 31.1 Å². The van der Waals surface area contributed by atoms with Crippen LogP contribution in [0.4, 0.5) is 10.5 Å². The molecule has 9 nitrogen and oxygen atoms in total. The van der Waals surface area contributed by atoms with Crippen LogP contribution in [0.5, 0.6) is 0 Å². The van der Waals surface area contributed by atoms with E-state index in [1.54, 1.807) is 0 Å². The fourth-order valence-electron chi connectivity index (χ4n) is 5.38. The Balaban J connectivity index is 1.39. The highest BCUT2D eigenvalue weighted by molar-refractivity contribution is 6.07. The maximum atomic E-state index is 14.1. The molecule has 2 heterocycles. The molecule has 5 rings (SSSR count). The number of likely N-dealkylation sites (tertiary alicyclic amines) is 1. The average molecular weight is 503 g/mol. The van der Waals surface area contributed by atoms with Crippen LogP contribution in [0.15, 0.2) is 54.6 Å². The first-order chi connectivity index (χ1) is 17.6. The zero-order valence-corrected chi connectivity index (χ0v) is 21.1. The van der Waals surface area contributed by atoms with Gasteiger partial charge in [0, 0.05) is 25.1 Å². The van der Waals surface area contributed by atoms with Gasteiger partial charge in [0.15, 0.2) is 5.54 Å². The molecule has 1 aliphatic carbocycles. The quantitative estimate of drug-likeness (QED) is 0.648. The van der Waals surface area contributed by atoms with E-state index >= 15 is 0 Å². The second-order valence-electron chi connectivity index (χ2n) is 10.9. The van der Waals surface area contributed by atoms with Gasteiger partial charge in [0.2, 0.25) is 5.91 Å². The highest BCUT2D eigenvalue weighted by Crippen LogP contribution is 2.49. The molecule has 2 fully saturated rings. The lowest BCUT2D eigenvalue weighted by Crippen LogP contribution is -2.55. The van der Waals surface area contributed by atoms with Gasteiger partial charge in [-0.05, 0) is 38.0 Å². The second kappa shape index (κ2) is 8.89. The molecular formula is C28H30N4O5. The van der Waals surface area contributed by atoms with E-state index < -0.39 is 40.7 Å². The number of hydrogen-bond acceptors (Lipinski definition) is 6. The third-order valence-corrected chi connectivity index (χ3v) is 7.21. The lowest BCUT2D eigenvalue weighted by atomic mass is 9.80. The monoisotopic (exact) mass is 502 g/mol. The Morgan fingerprint density at radius 1 is 1.14 bits per heavy atom. The molecule has 9 heteroatoms. The number of carbonyl (C=O) groups is 3. The van der Waals surface area contributed by atoms with E-state index in [0.717, 1.165) is 11.1 Å². The van der Waals surface area contributed by atoms with Gasteiger partial charge in [-0.3, -0.25) is 9.59 Å². The molecule has 1 saturated carbocycles. The van der Waals surface area contributed by atoms with Gasteiger partial charge in [-0.25, -0.2) is 4.79 Å². The van der Waals surface area contributed by atoms with Crippen molar-refractivity contribution in [3.8, 4) is 6.07 Å². The first kappa shape index (κ1) is 24.8. The van der Waals surface area contributed by atoms with Gasteiger partial charge in [0.1, 0.15) is 12.6 Å². The molecule has 2 aromatic rings. The Labute approximate surface area is 215 Å². The van der Waals surface area contributed by atoms with Gasteiger partial charge >= 0.3 is 6.09 Å². The van der Waals surface area contributed by atoms with Crippen molar-refractivity contribution < 1.29 is 23.9 Å². The van der Waals surface area contributed by atoms with E-state index in [2.05, 4.69) is 16.7 Å². The van der Waals surface area contributed by atoms with Gasteiger partial charge in [0.05, 0.1) is 23.2 Å². The number of benzene rings is 2. The molecule has 3 amide bonds. The van der Waals surface area contributed by atoms with Crippen LogP contribution in [0.1, 0.15) is 44.7 Å². The smallest absolute Gasteiger partial charge is 0.408 e. The predicted molar refractivity (Wildman–Crippen MR) is 134 cm³/mol. The summed E-state index contributed by atoms with van der Waals surface area (Å²) in [6, 6.07) is 17.9. The first-order valence-electron chi connectivity index (χ1n) is 12.4. The number of para-hydroxylation sites is 1. The molecule has 4 atom stereocenters. The van der Waals surface area contributed by atoms with Crippen LogP contribution in [0.2, 0.25) is 0 Å². The van der Waals surface area contributed by atoms with E-state index in [1.807, 2.05) is 75.4 Å². The minimum Gasteiger partial charge on any atom is -0.445 e. The molecule has 1 saturated heterocycles. The number of hydrogen-bond donors (Lipinski definition) is 2. The summed E-state index contributed by atoms with van der Waals surface area (Å²) in [4.78, 5) is 41.4. The van der Waals surface area contributed by atoms with Crippen LogP contribution >= 0.6 is 0 Å². The minimum atomic E-state index is -1.38. The molecular weight excluding hydrogens is 472 g/mol. The number of nitrogens with one attached hydrogen (secondary N) is 2. The van der Waals surface area contributed by atoms with Crippen molar-refractivity contribution >= 4 is 23.6 Å². The number of carbonyl (C=O) groups excluding carboxylic acids is 3. The van der Waals surface area contributed by atoms with Crippen molar-refractivity contribution in [1.82, 2.24) is 10.2 Å². The van der Waals surface area contributed by atoms with E-state index in [9.17, 15) is 19.6 Å². The van der Waals surface area contributed by atoms with Crippen molar-refractivity contribution in [3.05, 3.63) is 65.7 Å². The normalized spacial score (nSPS) is 27.8. The number of nitrogens with zero attached hydrogens (tertiary/aromatic N) is 2. The Bertz CT molecular complexity index is 1280. The SMILES string of the molecule is CC(C)(C)OC1C[C@@]1(NC(=O)OCc1ccccc1)C(=O)N1C[C@]2(C[C@H]1C#N)C(=O)Nc1ccccc12. The van der Waals surface area contributed by atoms with Crippen LogP contribution < -0.4 is 10.6 Å². The molecule has 2 aromatic carbocycles. The zero-order chi connectivity index (χ0) is 26.4. The van der Waals surface area contributed by atoms with Gasteiger partial charge in [-0.1, -0.05) is 48.5 Å². The predicted octanol–water partition coefficient (Wildman–Crippen LogP) is 3.25. The third kappa shape index (κ3) is 4.42. The fraction of sp³-hybridized carbons (Fsp3) is 0.429. The summed E-state index contributed by atoms with van der Waals surface area (Å²) in [6.45, 7) is 5.70. The molecule has 192 valence electrons. The average Bonchev–Trinajstić information content (AvgIpc) is 3.26. The minimum absolute atomic E-state index is 0.0393. The number of anilines is 1. The first-order valence-corrected chi connectivity index (χ1v) is 12.4. The summed E-state index contributed by atoms with van der Waals surface area (Å²) >= 11 is 0. The van der Waals surface area contributed by atoms with Crippen LogP contribution in [0.3, 0.4) is 0 Å². The summed E-state index contributed by atoms with van der Waals surface area (Å²) in [5.74, 6) is -0.675. The highest BCUT2D eigenvalue weighted by atomic mass is 16.6. The molecule has 3 aliphatic rings. The van der Waals surface area contributed by atoms with Crippen LogP contribution in [0, 0.1) is 11.3 Å². The molecule has 2 aliphatic heterocycles. The second-order valence-corrected chi connectivity index (χ2v) is 10.9. The van der Waals surface area contributed by atoms with Crippen LogP contribution in [0.25, 0.3) is 0 Å². The summed E-state index contributed by atoms with van der Waals surface area (Å²) in [5, 5.41) is 15.6. The maximum absolute atomic E-state index is 14.1. The van der Waals surface area contributed by atoms with Gasteiger partial charge in [-0.15, -0.1) is 0 Å². The van der Waals surface area contributed by atoms with E-state index in [4.69, 9.17) is 9.47 Å². The molecule has 37 heavy (non-hydrogen) atoms. The standard InChI is InChI=1S/C28H30N4O5/c1-26(2,3)37-22-14-28(22,31-25(35)36-16-18-9-5-4-6-10-18)24(34)32-17-27(13-19(32)15-29)20-11-7-8-12-21(20)30-23(27)33/h4-12,19,22H,13-14,16-17H2,1-3H3,(H,30,33)(H,31,35)/t19-,22?,27-,28-/m0/s1. The Hall–Kier alpha value is -3.90. The molecule has 0 bridgehead atoms. The zero-order valence-electron chi connectivity index (χ0n) is 21.1. The molecule has 1 spiro atoms. The number of fused-ring (bicyclic) bond motifs is 2. The summed E-state index contributed by atoms with van der Waals surface area (Å²) in [7, 11) is 0. The van der Waals surface area contributed by atoms with E-state index in [0.29, 0.717) is 5.69 Å². The number of rotatable bonds is 5. The van der Waals surface area contributed by atoms with Crippen molar-refractivity contribution in [2.24, 2.45) is 0 Å². The Kier molecular flexibility index (Phi) is 5.95. The van der Waals surface area contributed by atoms with Crippen molar-refractivity contribution in [2.75, 3.05) is 11.9 Å². The van der Waals surface area contributed by atoms with Crippen LogP contribution in [-0.4, -0.2) is 52.6 Å².